The van der Waals surface area contributed by atoms with E-state index in [1.54, 1.807) is 13.8 Å². The van der Waals surface area contributed by atoms with Crippen molar-refractivity contribution in [1.29, 1.82) is 0 Å². The Hall–Kier alpha value is -1.06. The Kier molecular flexibility index (Phi) is 1.61. The van der Waals surface area contributed by atoms with Gasteiger partial charge in [-0.05, 0) is 6.92 Å². The smallest absolute Gasteiger partial charge is 0.354 e. The number of hydrogen-bond donors (Lipinski definition) is 1. The molecular formula is C6H9NO3. The molecule has 0 aliphatic carbocycles. The third kappa shape index (κ3) is 0.964. The van der Waals surface area contributed by atoms with E-state index in [2.05, 4.69) is 5.16 Å². The van der Waals surface area contributed by atoms with Crippen LogP contribution in [0.2, 0.25) is 0 Å². The highest BCUT2D eigenvalue weighted by Gasteiger charge is 2.30. The Bertz CT molecular complexity index is 187. The van der Waals surface area contributed by atoms with Crippen molar-refractivity contribution < 1.29 is 14.7 Å². The molecule has 0 bridgehead atoms. The average Bonchev–Trinajstić information content (AvgIpc) is 2.14. The number of carboxylic acids is 1. The second-order valence-electron chi connectivity index (χ2n) is 2.38. The van der Waals surface area contributed by atoms with Gasteiger partial charge in [-0.1, -0.05) is 12.1 Å². The quantitative estimate of drug-likeness (QED) is 0.580. The van der Waals surface area contributed by atoms with Crippen LogP contribution in [0.25, 0.3) is 0 Å². The van der Waals surface area contributed by atoms with Crippen molar-refractivity contribution in [3.63, 3.8) is 0 Å². The molecule has 4 nitrogen and oxygen atoms in total. The SMILES string of the molecule is C[C@H]1ON=C(C(=O)O)[C@@H]1C. The van der Waals surface area contributed by atoms with Gasteiger partial charge in [-0.2, -0.15) is 0 Å². The summed E-state index contributed by atoms with van der Waals surface area (Å²) in [5.74, 6) is -1.09. The number of carboxylic acid groups (broad SMARTS) is 1. The molecule has 0 aromatic heterocycles. The zero-order valence-corrected chi connectivity index (χ0v) is 5.87. The summed E-state index contributed by atoms with van der Waals surface area (Å²) in [5, 5.41) is 11.9. The van der Waals surface area contributed by atoms with Gasteiger partial charge in [0.2, 0.25) is 0 Å². The molecule has 0 amide bonds. The van der Waals surface area contributed by atoms with E-state index in [1.165, 1.54) is 0 Å². The number of aliphatic carboxylic acids is 1. The summed E-state index contributed by atoms with van der Waals surface area (Å²) in [6.07, 6.45) is -0.105. The molecule has 0 spiro atoms. The van der Waals surface area contributed by atoms with E-state index in [1.807, 2.05) is 0 Å². The fourth-order valence-electron chi connectivity index (χ4n) is 0.770. The third-order valence-corrected chi connectivity index (χ3v) is 1.67. The minimum atomic E-state index is -0.989. The van der Waals surface area contributed by atoms with Gasteiger partial charge in [-0.3, -0.25) is 0 Å². The van der Waals surface area contributed by atoms with Crippen LogP contribution in [0.3, 0.4) is 0 Å². The Morgan fingerprint density at radius 3 is 2.50 bits per heavy atom. The summed E-state index contributed by atoms with van der Waals surface area (Å²) in [6, 6.07) is 0. The molecule has 1 rings (SSSR count). The molecule has 0 saturated heterocycles. The maximum Gasteiger partial charge on any atom is 0.354 e. The number of hydrogen-bond acceptors (Lipinski definition) is 3. The Morgan fingerprint density at radius 2 is 2.30 bits per heavy atom. The predicted molar refractivity (Wildman–Crippen MR) is 34.8 cm³/mol. The van der Waals surface area contributed by atoms with Crippen molar-refractivity contribution in [2.45, 2.75) is 20.0 Å². The molecule has 1 aliphatic heterocycles. The van der Waals surface area contributed by atoms with E-state index in [0.717, 1.165) is 0 Å². The van der Waals surface area contributed by atoms with Crippen LogP contribution in [-0.4, -0.2) is 22.9 Å². The van der Waals surface area contributed by atoms with Gasteiger partial charge in [0.15, 0.2) is 5.71 Å². The van der Waals surface area contributed by atoms with Crippen molar-refractivity contribution in [2.75, 3.05) is 0 Å². The van der Waals surface area contributed by atoms with E-state index in [0.29, 0.717) is 0 Å². The topological polar surface area (TPSA) is 58.9 Å². The van der Waals surface area contributed by atoms with Crippen LogP contribution in [0.1, 0.15) is 13.8 Å². The summed E-state index contributed by atoms with van der Waals surface area (Å²) in [5.41, 5.74) is 0.118. The first kappa shape index (κ1) is 7.05. The molecule has 0 unspecified atom stereocenters. The number of oxime groups is 1. The van der Waals surface area contributed by atoms with Gasteiger partial charge in [-0.15, -0.1) is 0 Å². The van der Waals surface area contributed by atoms with Crippen molar-refractivity contribution >= 4 is 11.7 Å². The largest absolute Gasteiger partial charge is 0.477 e. The van der Waals surface area contributed by atoms with Crippen LogP contribution in [0.4, 0.5) is 0 Å². The Balaban J connectivity index is 2.72. The summed E-state index contributed by atoms with van der Waals surface area (Å²) in [6.45, 7) is 3.58. The van der Waals surface area contributed by atoms with Crippen LogP contribution in [0.15, 0.2) is 5.16 Å². The zero-order chi connectivity index (χ0) is 7.72. The van der Waals surface area contributed by atoms with E-state index in [9.17, 15) is 4.79 Å². The third-order valence-electron chi connectivity index (χ3n) is 1.67. The van der Waals surface area contributed by atoms with Gasteiger partial charge in [0.1, 0.15) is 6.10 Å². The van der Waals surface area contributed by atoms with Crippen LogP contribution in [0, 0.1) is 5.92 Å². The van der Waals surface area contributed by atoms with Crippen molar-refractivity contribution in [2.24, 2.45) is 11.1 Å². The number of rotatable bonds is 1. The van der Waals surface area contributed by atoms with Crippen LogP contribution >= 0.6 is 0 Å². The van der Waals surface area contributed by atoms with Crippen molar-refractivity contribution in [3.05, 3.63) is 0 Å². The molecule has 1 N–H and O–H groups in total. The molecule has 1 aliphatic rings. The van der Waals surface area contributed by atoms with Crippen LogP contribution < -0.4 is 0 Å². The van der Waals surface area contributed by atoms with Gasteiger partial charge in [0.25, 0.3) is 0 Å². The summed E-state index contributed by atoms with van der Waals surface area (Å²) in [4.78, 5) is 15.1. The van der Waals surface area contributed by atoms with Crippen LogP contribution in [0.5, 0.6) is 0 Å². The van der Waals surface area contributed by atoms with Crippen LogP contribution in [-0.2, 0) is 9.63 Å². The number of carbonyl (C=O) groups is 1. The van der Waals surface area contributed by atoms with E-state index < -0.39 is 5.97 Å². The molecule has 56 valence electrons. The highest BCUT2D eigenvalue weighted by Crippen LogP contribution is 2.16. The molecule has 2 atom stereocenters. The average molecular weight is 143 g/mol. The minimum Gasteiger partial charge on any atom is -0.477 e. The Labute approximate surface area is 58.5 Å². The van der Waals surface area contributed by atoms with Crippen molar-refractivity contribution in [3.8, 4) is 0 Å². The van der Waals surface area contributed by atoms with Gasteiger partial charge in [-0.25, -0.2) is 4.79 Å². The standard InChI is InChI=1S/C6H9NO3/c1-3-4(2)10-7-5(3)6(8)9/h3-4H,1-2H3,(H,8,9)/t3-,4-/m1/s1. The maximum atomic E-state index is 10.3. The van der Waals surface area contributed by atoms with Crippen molar-refractivity contribution in [1.82, 2.24) is 0 Å². The lowest BCUT2D eigenvalue weighted by Crippen LogP contribution is -2.23. The van der Waals surface area contributed by atoms with Gasteiger partial charge >= 0.3 is 5.97 Å². The van der Waals surface area contributed by atoms with Gasteiger partial charge in [0.05, 0.1) is 0 Å². The molecule has 0 radical (unpaired) electrons. The summed E-state index contributed by atoms with van der Waals surface area (Å²) in [7, 11) is 0. The van der Waals surface area contributed by atoms with E-state index >= 15 is 0 Å². The molecular weight excluding hydrogens is 134 g/mol. The lowest BCUT2D eigenvalue weighted by atomic mass is 10.0. The second-order valence-corrected chi connectivity index (χ2v) is 2.38. The fourth-order valence-corrected chi connectivity index (χ4v) is 0.770. The normalized spacial score (nSPS) is 31.2. The molecule has 0 aromatic carbocycles. The van der Waals surface area contributed by atoms with Gasteiger partial charge < -0.3 is 9.94 Å². The molecule has 0 saturated carbocycles. The molecule has 10 heavy (non-hydrogen) atoms. The van der Waals surface area contributed by atoms with E-state index in [-0.39, 0.29) is 17.7 Å². The first-order valence-corrected chi connectivity index (χ1v) is 3.10. The lowest BCUT2D eigenvalue weighted by Gasteiger charge is -2.04. The predicted octanol–water partition coefficient (Wildman–Crippen LogP) is 0.482. The first-order chi connectivity index (χ1) is 4.63. The maximum absolute atomic E-state index is 10.3. The van der Waals surface area contributed by atoms with E-state index in [4.69, 9.17) is 9.94 Å². The highest BCUT2D eigenvalue weighted by atomic mass is 16.6. The Morgan fingerprint density at radius 1 is 1.70 bits per heavy atom. The summed E-state index contributed by atoms with van der Waals surface area (Å²) >= 11 is 0. The highest BCUT2D eigenvalue weighted by molar-refractivity contribution is 6.36. The first-order valence-electron chi connectivity index (χ1n) is 3.10. The molecule has 4 heteroatoms. The minimum absolute atomic E-state index is 0.0995. The summed E-state index contributed by atoms with van der Waals surface area (Å²) < 4.78 is 0. The molecule has 0 aromatic rings. The molecule has 0 fully saturated rings. The monoisotopic (exact) mass is 143 g/mol. The lowest BCUT2D eigenvalue weighted by molar-refractivity contribution is -0.129. The number of nitrogens with zero attached hydrogens (tertiary/aromatic N) is 1. The fraction of sp³-hybridized carbons (Fsp3) is 0.667. The molecule has 1 heterocycles. The zero-order valence-electron chi connectivity index (χ0n) is 5.87. The second kappa shape index (κ2) is 2.28. The van der Waals surface area contributed by atoms with Gasteiger partial charge in [0, 0.05) is 5.92 Å².